The molecular formula is C19H28N2O4. The number of benzene rings is 1. The summed E-state index contributed by atoms with van der Waals surface area (Å²) in [7, 11) is 0. The molecule has 138 valence electrons. The predicted molar refractivity (Wildman–Crippen MR) is 94.7 cm³/mol. The van der Waals surface area contributed by atoms with Crippen molar-refractivity contribution >= 4 is 12.0 Å². The van der Waals surface area contributed by atoms with Crippen molar-refractivity contribution in [2.75, 3.05) is 13.1 Å². The van der Waals surface area contributed by atoms with Crippen LogP contribution in [0.1, 0.15) is 45.1 Å². The van der Waals surface area contributed by atoms with E-state index in [9.17, 15) is 14.7 Å². The van der Waals surface area contributed by atoms with Gasteiger partial charge in [0.15, 0.2) is 0 Å². The molecule has 1 fully saturated rings. The SMILES string of the molecule is CCCN(CCC)C(=O)[C@@H]1CCC(O)N1C(=O)OCc1ccccc1. The van der Waals surface area contributed by atoms with Gasteiger partial charge >= 0.3 is 6.09 Å². The molecule has 1 aromatic carbocycles. The second-order valence-electron chi connectivity index (χ2n) is 6.35. The lowest BCUT2D eigenvalue weighted by Gasteiger charge is -2.30. The molecule has 6 heteroatoms. The standard InChI is InChI=1S/C19H28N2O4/c1-3-12-20(13-4-2)18(23)16-10-11-17(22)21(16)19(24)25-14-15-8-6-5-7-9-15/h5-9,16-17,22H,3-4,10-14H2,1-2H3/t16-,17?/m0/s1. The number of aliphatic hydroxyl groups excluding tert-OH is 1. The minimum absolute atomic E-state index is 0.100. The van der Waals surface area contributed by atoms with Crippen molar-refractivity contribution in [2.45, 2.75) is 58.4 Å². The first-order valence-corrected chi connectivity index (χ1v) is 9.04. The average Bonchev–Trinajstić information content (AvgIpc) is 3.01. The molecule has 1 saturated heterocycles. The van der Waals surface area contributed by atoms with Crippen molar-refractivity contribution in [3.05, 3.63) is 35.9 Å². The van der Waals surface area contributed by atoms with Gasteiger partial charge in [-0.05, 0) is 31.2 Å². The maximum atomic E-state index is 12.8. The van der Waals surface area contributed by atoms with E-state index >= 15 is 0 Å². The lowest BCUT2D eigenvalue weighted by atomic mass is 10.2. The zero-order valence-corrected chi connectivity index (χ0v) is 15.1. The molecule has 0 aromatic heterocycles. The third kappa shape index (κ3) is 4.95. The summed E-state index contributed by atoms with van der Waals surface area (Å²) in [6, 6.07) is 8.71. The van der Waals surface area contributed by atoms with Gasteiger partial charge in [-0.25, -0.2) is 4.79 Å². The maximum absolute atomic E-state index is 12.8. The van der Waals surface area contributed by atoms with Gasteiger partial charge in [-0.1, -0.05) is 44.2 Å². The largest absolute Gasteiger partial charge is 0.444 e. The van der Waals surface area contributed by atoms with Gasteiger partial charge in [0, 0.05) is 13.1 Å². The summed E-state index contributed by atoms with van der Waals surface area (Å²) < 4.78 is 5.32. The number of nitrogens with zero attached hydrogens (tertiary/aromatic N) is 2. The van der Waals surface area contributed by atoms with Crippen molar-refractivity contribution in [1.82, 2.24) is 9.80 Å². The molecule has 0 radical (unpaired) electrons. The van der Waals surface area contributed by atoms with Crippen LogP contribution in [0.15, 0.2) is 30.3 Å². The van der Waals surface area contributed by atoms with Crippen LogP contribution in [0.4, 0.5) is 4.79 Å². The summed E-state index contributed by atoms with van der Waals surface area (Å²) in [5.74, 6) is -0.100. The molecule has 2 atom stereocenters. The fraction of sp³-hybridized carbons (Fsp3) is 0.579. The van der Waals surface area contributed by atoms with Crippen LogP contribution >= 0.6 is 0 Å². The smallest absolute Gasteiger partial charge is 0.412 e. The monoisotopic (exact) mass is 348 g/mol. The van der Waals surface area contributed by atoms with Crippen LogP contribution in [0.5, 0.6) is 0 Å². The van der Waals surface area contributed by atoms with E-state index in [1.54, 1.807) is 4.90 Å². The Bertz CT molecular complexity index is 558. The number of likely N-dealkylation sites (tertiary alicyclic amines) is 1. The van der Waals surface area contributed by atoms with Crippen LogP contribution in [0, 0.1) is 0 Å². The summed E-state index contributed by atoms with van der Waals surface area (Å²) in [5, 5.41) is 10.2. The number of hydrogen-bond acceptors (Lipinski definition) is 4. The third-order valence-electron chi connectivity index (χ3n) is 4.35. The number of carbonyl (C=O) groups excluding carboxylic acids is 2. The Kier molecular flexibility index (Phi) is 7.25. The van der Waals surface area contributed by atoms with Crippen LogP contribution < -0.4 is 0 Å². The number of aliphatic hydroxyl groups is 1. The first kappa shape index (κ1) is 19.2. The Balaban J connectivity index is 2.03. The Morgan fingerprint density at radius 1 is 1.16 bits per heavy atom. The number of ether oxygens (including phenoxy) is 1. The molecule has 1 aliphatic rings. The highest BCUT2D eigenvalue weighted by Crippen LogP contribution is 2.25. The first-order valence-electron chi connectivity index (χ1n) is 9.04. The summed E-state index contributed by atoms with van der Waals surface area (Å²) in [6.07, 6.45) is 0.967. The van der Waals surface area contributed by atoms with Crippen molar-refractivity contribution in [3.8, 4) is 0 Å². The van der Waals surface area contributed by atoms with E-state index in [-0.39, 0.29) is 12.5 Å². The predicted octanol–water partition coefficient (Wildman–Crippen LogP) is 2.75. The second-order valence-corrected chi connectivity index (χ2v) is 6.35. The minimum Gasteiger partial charge on any atom is -0.444 e. The Morgan fingerprint density at radius 2 is 1.80 bits per heavy atom. The second kappa shape index (κ2) is 9.42. The average molecular weight is 348 g/mol. The van der Waals surface area contributed by atoms with E-state index in [2.05, 4.69) is 0 Å². The fourth-order valence-corrected chi connectivity index (χ4v) is 3.16. The molecule has 1 N–H and O–H groups in total. The van der Waals surface area contributed by atoms with Crippen molar-refractivity contribution in [2.24, 2.45) is 0 Å². The summed E-state index contributed by atoms with van der Waals surface area (Å²) in [5.41, 5.74) is 0.867. The van der Waals surface area contributed by atoms with E-state index in [0.29, 0.717) is 25.9 Å². The maximum Gasteiger partial charge on any atom is 0.412 e. The minimum atomic E-state index is -0.970. The fourth-order valence-electron chi connectivity index (χ4n) is 3.16. The number of carbonyl (C=O) groups is 2. The van der Waals surface area contributed by atoms with Crippen LogP contribution in [0.3, 0.4) is 0 Å². The summed E-state index contributed by atoms with van der Waals surface area (Å²) in [6.45, 7) is 5.48. The number of amides is 2. The van der Waals surface area contributed by atoms with Gasteiger partial charge in [0.05, 0.1) is 0 Å². The van der Waals surface area contributed by atoms with Crippen molar-refractivity contribution < 1.29 is 19.4 Å². The molecule has 2 rings (SSSR count). The Morgan fingerprint density at radius 3 is 2.40 bits per heavy atom. The molecule has 0 bridgehead atoms. The topological polar surface area (TPSA) is 70.1 Å². The van der Waals surface area contributed by atoms with Crippen LogP contribution in [-0.4, -0.2) is 52.3 Å². The highest BCUT2D eigenvalue weighted by molar-refractivity contribution is 5.86. The molecule has 0 aliphatic carbocycles. The van der Waals surface area contributed by atoms with Crippen LogP contribution in [0.2, 0.25) is 0 Å². The van der Waals surface area contributed by atoms with Crippen molar-refractivity contribution in [1.29, 1.82) is 0 Å². The Hall–Kier alpha value is -2.08. The first-order chi connectivity index (χ1) is 12.1. The highest BCUT2D eigenvalue weighted by Gasteiger charge is 2.42. The Labute approximate surface area is 149 Å². The van der Waals surface area contributed by atoms with Gasteiger partial charge in [-0.15, -0.1) is 0 Å². The van der Waals surface area contributed by atoms with Crippen LogP contribution in [0.25, 0.3) is 0 Å². The van der Waals surface area contributed by atoms with Crippen molar-refractivity contribution in [3.63, 3.8) is 0 Å². The molecule has 1 aliphatic heterocycles. The summed E-state index contributed by atoms with van der Waals surface area (Å²) >= 11 is 0. The van der Waals surface area contributed by atoms with E-state index in [1.807, 2.05) is 44.2 Å². The third-order valence-corrected chi connectivity index (χ3v) is 4.35. The number of hydrogen-bond donors (Lipinski definition) is 1. The van der Waals surface area contributed by atoms with Gasteiger partial charge in [0.2, 0.25) is 5.91 Å². The lowest BCUT2D eigenvalue weighted by Crippen LogP contribution is -2.50. The normalized spacial score (nSPS) is 19.7. The summed E-state index contributed by atoms with van der Waals surface area (Å²) in [4.78, 5) is 28.3. The molecule has 1 unspecified atom stereocenters. The van der Waals surface area contributed by atoms with E-state index in [1.165, 1.54) is 4.90 Å². The van der Waals surface area contributed by atoms with E-state index in [4.69, 9.17) is 4.74 Å². The molecule has 1 aromatic rings. The van der Waals surface area contributed by atoms with Gasteiger partial charge < -0.3 is 14.7 Å². The molecule has 2 amide bonds. The zero-order valence-electron chi connectivity index (χ0n) is 15.1. The molecule has 1 heterocycles. The molecule has 25 heavy (non-hydrogen) atoms. The lowest BCUT2D eigenvalue weighted by molar-refractivity contribution is -0.137. The van der Waals surface area contributed by atoms with Crippen LogP contribution in [-0.2, 0) is 16.1 Å². The number of rotatable bonds is 7. The highest BCUT2D eigenvalue weighted by atomic mass is 16.6. The van der Waals surface area contributed by atoms with Gasteiger partial charge in [0.25, 0.3) is 0 Å². The van der Waals surface area contributed by atoms with Gasteiger partial charge in [-0.2, -0.15) is 0 Å². The zero-order chi connectivity index (χ0) is 18.2. The molecular weight excluding hydrogens is 320 g/mol. The van der Waals surface area contributed by atoms with Gasteiger partial charge in [0.1, 0.15) is 18.9 Å². The van der Waals surface area contributed by atoms with E-state index < -0.39 is 18.4 Å². The molecule has 6 nitrogen and oxygen atoms in total. The molecule has 0 saturated carbocycles. The molecule has 0 spiro atoms. The quantitative estimate of drug-likeness (QED) is 0.822. The van der Waals surface area contributed by atoms with Gasteiger partial charge in [-0.3, -0.25) is 9.69 Å². The van der Waals surface area contributed by atoms with E-state index in [0.717, 1.165) is 18.4 Å².